The van der Waals surface area contributed by atoms with E-state index >= 15 is 0 Å². The lowest BCUT2D eigenvalue weighted by Gasteiger charge is -2.55. The van der Waals surface area contributed by atoms with E-state index in [2.05, 4.69) is 0 Å². The average molecular weight is 665 g/mol. The van der Waals surface area contributed by atoms with E-state index in [9.17, 15) is 30.8 Å². The number of rotatable bonds is 7. The normalized spacial score (nSPS) is 19.4. The van der Waals surface area contributed by atoms with Gasteiger partial charge in [0.15, 0.2) is 0 Å². The highest BCUT2D eigenvalue weighted by molar-refractivity contribution is 7.92. The molecule has 7 nitrogen and oxygen atoms in total. The van der Waals surface area contributed by atoms with Crippen molar-refractivity contribution in [3.63, 3.8) is 0 Å². The van der Waals surface area contributed by atoms with Gasteiger partial charge in [0, 0.05) is 25.1 Å². The largest absolute Gasteiger partial charge is 0.486 e. The first kappa shape index (κ1) is 31.4. The van der Waals surface area contributed by atoms with Crippen LogP contribution < -0.4 is 9.04 Å². The van der Waals surface area contributed by atoms with Gasteiger partial charge in [-0.05, 0) is 66.9 Å². The topological polar surface area (TPSA) is 76.2 Å². The van der Waals surface area contributed by atoms with Gasteiger partial charge in [-0.2, -0.15) is 13.2 Å². The highest BCUT2D eigenvalue weighted by Gasteiger charge is 2.50. The molecule has 3 aromatic carbocycles. The fourth-order valence-electron chi connectivity index (χ4n) is 5.91. The van der Waals surface area contributed by atoms with Crippen LogP contribution in [-0.4, -0.2) is 58.2 Å². The van der Waals surface area contributed by atoms with Gasteiger partial charge in [0.25, 0.3) is 10.0 Å². The zero-order valence-corrected chi connectivity index (χ0v) is 25.7. The van der Waals surface area contributed by atoms with E-state index in [-0.39, 0.29) is 52.7 Å². The van der Waals surface area contributed by atoms with Gasteiger partial charge in [-0.1, -0.05) is 35.9 Å². The molecule has 0 aromatic heterocycles. The lowest BCUT2D eigenvalue weighted by molar-refractivity contribution is -0.195. The van der Waals surface area contributed by atoms with Crippen LogP contribution in [0.25, 0.3) is 11.6 Å². The number of hydrogen-bond acceptors (Lipinski definition) is 5. The molecule has 1 spiro atoms. The van der Waals surface area contributed by atoms with Gasteiger partial charge in [-0.15, -0.1) is 0 Å². The summed E-state index contributed by atoms with van der Waals surface area (Å²) < 4.78 is 95.4. The standard InChI is InChI=1S/C32H29ClF4N2O5S/c1-20(30-25(33)6-3-7-26(30)34)12-21-8-10-28-27(13-21)39(45(41,42)24-5-2-4-22(14-24)32(35,36)37)15-23(44-28)9-11-29(40)38-16-31(17-38)18-43-19-31/h2-8,10,12-14,23H,9,11,15-19H2,1H3. The number of anilines is 1. The van der Waals surface area contributed by atoms with Crippen LogP contribution in [-0.2, 0) is 25.7 Å². The molecule has 0 N–H and O–H groups in total. The Morgan fingerprint density at radius 2 is 1.82 bits per heavy atom. The SMILES string of the molecule is CC(=Cc1ccc2c(c1)N(S(=O)(=O)c1cccc(C(F)(F)F)c1)CC(CCC(=O)N1CC3(COC3)C1)O2)c1c(F)cccc1Cl. The molecule has 3 heterocycles. The number of halogens is 5. The number of benzene rings is 3. The minimum absolute atomic E-state index is 0.0495. The van der Waals surface area contributed by atoms with E-state index in [4.69, 9.17) is 21.1 Å². The van der Waals surface area contributed by atoms with Crippen molar-refractivity contribution < 1.29 is 40.2 Å². The van der Waals surface area contributed by atoms with Crippen LogP contribution in [0.5, 0.6) is 5.75 Å². The lowest BCUT2D eigenvalue weighted by atomic mass is 9.78. The molecule has 1 atom stereocenters. The maximum absolute atomic E-state index is 14.6. The average Bonchev–Trinajstić information content (AvgIpc) is 2.93. The molecule has 3 aliphatic rings. The molecular weight excluding hydrogens is 636 g/mol. The predicted octanol–water partition coefficient (Wildman–Crippen LogP) is 6.65. The van der Waals surface area contributed by atoms with Crippen LogP contribution >= 0.6 is 11.6 Å². The van der Waals surface area contributed by atoms with E-state index in [1.54, 1.807) is 36.1 Å². The van der Waals surface area contributed by atoms with Crippen molar-refractivity contribution >= 4 is 44.9 Å². The second-order valence-electron chi connectivity index (χ2n) is 11.7. The fraction of sp³-hybridized carbons (Fsp3) is 0.344. The lowest BCUT2D eigenvalue weighted by Crippen LogP contribution is -2.67. The molecule has 6 rings (SSSR count). The number of amides is 1. The Balaban J connectivity index is 1.31. The Bertz CT molecular complexity index is 1760. The summed E-state index contributed by atoms with van der Waals surface area (Å²) >= 11 is 6.23. The zero-order chi connectivity index (χ0) is 32.1. The molecule has 238 valence electrons. The Kier molecular flexibility index (Phi) is 8.11. The summed E-state index contributed by atoms with van der Waals surface area (Å²) in [6, 6.07) is 12.6. The summed E-state index contributed by atoms with van der Waals surface area (Å²) in [7, 11) is -4.52. The third-order valence-corrected chi connectivity index (χ3v) is 10.4. The predicted molar refractivity (Wildman–Crippen MR) is 161 cm³/mol. The number of allylic oxidation sites excluding steroid dienone is 1. The molecule has 2 fully saturated rings. The van der Waals surface area contributed by atoms with Gasteiger partial charge in [0.2, 0.25) is 5.91 Å². The monoisotopic (exact) mass is 664 g/mol. The van der Waals surface area contributed by atoms with Gasteiger partial charge in [-0.25, -0.2) is 12.8 Å². The first-order chi connectivity index (χ1) is 21.3. The Hall–Kier alpha value is -3.61. The Morgan fingerprint density at radius 3 is 2.49 bits per heavy atom. The number of likely N-dealkylation sites (tertiary alicyclic amines) is 1. The smallest absolute Gasteiger partial charge is 0.416 e. The highest BCUT2D eigenvalue weighted by Crippen LogP contribution is 2.41. The van der Waals surface area contributed by atoms with E-state index in [0.717, 1.165) is 22.5 Å². The molecule has 13 heteroatoms. The zero-order valence-electron chi connectivity index (χ0n) is 24.1. The van der Waals surface area contributed by atoms with Gasteiger partial charge >= 0.3 is 6.18 Å². The fourth-order valence-corrected chi connectivity index (χ4v) is 7.77. The first-order valence-corrected chi connectivity index (χ1v) is 16.1. The Labute approximate surface area is 263 Å². The number of nitrogens with zero attached hydrogens (tertiary/aromatic N) is 2. The molecule has 1 amide bonds. The summed E-state index contributed by atoms with van der Waals surface area (Å²) in [5, 5.41) is 0.200. The number of sulfonamides is 1. The number of hydrogen-bond donors (Lipinski definition) is 0. The molecule has 3 aliphatic heterocycles. The molecule has 45 heavy (non-hydrogen) atoms. The van der Waals surface area contributed by atoms with Crippen molar-refractivity contribution in [2.75, 3.05) is 37.2 Å². The summed E-state index contributed by atoms with van der Waals surface area (Å²) in [6.07, 6.45) is -3.57. The molecule has 0 bridgehead atoms. The van der Waals surface area contributed by atoms with Crippen LogP contribution in [0.3, 0.4) is 0 Å². The molecule has 2 saturated heterocycles. The second kappa shape index (κ2) is 11.6. The number of carbonyl (C=O) groups is 1. The number of carbonyl (C=O) groups excluding carboxylic acids is 1. The van der Waals surface area contributed by atoms with Crippen molar-refractivity contribution in [2.45, 2.75) is 36.9 Å². The molecule has 1 unspecified atom stereocenters. The van der Waals surface area contributed by atoms with Gasteiger partial charge < -0.3 is 14.4 Å². The third kappa shape index (κ3) is 6.15. The van der Waals surface area contributed by atoms with E-state index in [1.807, 2.05) is 0 Å². The maximum Gasteiger partial charge on any atom is 0.416 e. The van der Waals surface area contributed by atoms with Crippen LogP contribution in [0.15, 0.2) is 65.6 Å². The minimum Gasteiger partial charge on any atom is -0.486 e. The molecule has 0 radical (unpaired) electrons. The van der Waals surface area contributed by atoms with Crippen molar-refractivity contribution in [2.24, 2.45) is 5.41 Å². The second-order valence-corrected chi connectivity index (χ2v) is 14.0. The van der Waals surface area contributed by atoms with Crippen molar-refractivity contribution in [3.8, 4) is 5.75 Å². The van der Waals surface area contributed by atoms with Crippen molar-refractivity contribution in [1.29, 1.82) is 0 Å². The molecular formula is C32H29ClF4N2O5S. The van der Waals surface area contributed by atoms with E-state index in [0.29, 0.717) is 43.5 Å². The Morgan fingerprint density at radius 1 is 1.09 bits per heavy atom. The number of fused-ring (bicyclic) bond motifs is 1. The van der Waals surface area contributed by atoms with Crippen LogP contribution in [0.2, 0.25) is 5.02 Å². The van der Waals surface area contributed by atoms with Crippen molar-refractivity contribution in [3.05, 3.63) is 88.2 Å². The summed E-state index contributed by atoms with van der Waals surface area (Å²) in [5.41, 5.74) is 0.194. The van der Waals surface area contributed by atoms with Crippen molar-refractivity contribution in [1.82, 2.24) is 4.90 Å². The summed E-state index contributed by atoms with van der Waals surface area (Å²) in [6.45, 7) is 3.91. The van der Waals surface area contributed by atoms with Crippen LogP contribution in [0, 0.1) is 11.2 Å². The summed E-state index contributed by atoms with van der Waals surface area (Å²) in [4.78, 5) is 14.0. The first-order valence-electron chi connectivity index (χ1n) is 14.2. The highest BCUT2D eigenvalue weighted by atomic mass is 35.5. The van der Waals surface area contributed by atoms with Gasteiger partial charge in [0.05, 0.1) is 46.3 Å². The van der Waals surface area contributed by atoms with Gasteiger partial charge in [0.1, 0.15) is 17.7 Å². The molecule has 0 saturated carbocycles. The third-order valence-electron chi connectivity index (χ3n) is 8.31. The maximum atomic E-state index is 14.6. The van der Waals surface area contributed by atoms with Crippen LogP contribution in [0.1, 0.15) is 36.5 Å². The number of alkyl halides is 3. The molecule has 3 aromatic rings. The molecule has 0 aliphatic carbocycles. The minimum atomic E-state index is -4.75. The quantitative estimate of drug-likeness (QED) is 0.209. The van der Waals surface area contributed by atoms with E-state index < -0.39 is 38.6 Å². The van der Waals surface area contributed by atoms with Gasteiger partial charge in [-0.3, -0.25) is 9.10 Å². The summed E-state index contributed by atoms with van der Waals surface area (Å²) in [5.74, 6) is -0.433. The van der Waals surface area contributed by atoms with E-state index in [1.165, 1.54) is 18.2 Å². The van der Waals surface area contributed by atoms with Crippen LogP contribution in [0.4, 0.5) is 23.2 Å². The number of ether oxygens (including phenoxy) is 2.